The summed E-state index contributed by atoms with van der Waals surface area (Å²) in [4.78, 5) is 13.7. The van der Waals surface area contributed by atoms with Crippen LogP contribution in [0.3, 0.4) is 0 Å². The predicted molar refractivity (Wildman–Crippen MR) is 84.5 cm³/mol. The number of carbonyl (C=O) groups excluding carboxylic acids is 1. The molecule has 1 aliphatic rings. The molecule has 0 spiro atoms. The van der Waals surface area contributed by atoms with Crippen molar-refractivity contribution in [3.05, 3.63) is 30.1 Å². The lowest BCUT2D eigenvalue weighted by molar-refractivity contribution is -0.133. The van der Waals surface area contributed by atoms with Crippen molar-refractivity contribution in [3.63, 3.8) is 0 Å². The van der Waals surface area contributed by atoms with Crippen LogP contribution in [0.1, 0.15) is 20.3 Å². The molecule has 3 N–H and O–H groups in total. The van der Waals surface area contributed by atoms with E-state index in [2.05, 4.69) is 4.72 Å². The van der Waals surface area contributed by atoms with Gasteiger partial charge < -0.3 is 10.6 Å². The van der Waals surface area contributed by atoms with Gasteiger partial charge in [-0.2, -0.15) is 4.72 Å². The molecular formula is C15H22FN3O3S. The Morgan fingerprint density at radius 1 is 1.39 bits per heavy atom. The lowest BCUT2D eigenvalue weighted by Gasteiger charge is -2.26. The third-order valence-electron chi connectivity index (χ3n) is 3.88. The van der Waals surface area contributed by atoms with E-state index in [1.807, 2.05) is 0 Å². The van der Waals surface area contributed by atoms with Gasteiger partial charge in [-0.1, -0.05) is 26.0 Å². The monoisotopic (exact) mass is 343 g/mol. The number of hydrogen-bond donors (Lipinski definition) is 2. The van der Waals surface area contributed by atoms with Crippen LogP contribution >= 0.6 is 0 Å². The maximum Gasteiger partial charge on any atom is 0.244 e. The Hall–Kier alpha value is -1.51. The molecule has 1 saturated heterocycles. The molecule has 0 bridgehead atoms. The molecule has 1 aromatic rings. The molecule has 6 nitrogen and oxygen atoms in total. The van der Waals surface area contributed by atoms with Gasteiger partial charge in [-0.3, -0.25) is 4.79 Å². The van der Waals surface area contributed by atoms with Crippen molar-refractivity contribution in [2.75, 3.05) is 13.1 Å². The summed E-state index contributed by atoms with van der Waals surface area (Å²) in [5.41, 5.74) is 5.80. The van der Waals surface area contributed by atoms with Gasteiger partial charge in [0.25, 0.3) is 0 Å². The maximum absolute atomic E-state index is 13.8. The quantitative estimate of drug-likeness (QED) is 0.823. The highest BCUT2D eigenvalue weighted by Gasteiger charge is 2.34. The molecule has 1 amide bonds. The van der Waals surface area contributed by atoms with Gasteiger partial charge in [0.2, 0.25) is 15.9 Å². The van der Waals surface area contributed by atoms with E-state index in [-0.39, 0.29) is 17.9 Å². The minimum absolute atomic E-state index is 0.0880. The third kappa shape index (κ3) is 4.07. The van der Waals surface area contributed by atoms with Crippen molar-refractivity contribution in [1.82, 2.24) is 9.62 Å². The number of benzene rings is 1. The van der Waals surface area contributed by atoms with Gasteiger partial charge in [0.1, 0.15) is 16.8 Å². The number of rotatable bonds is 5. The van der Waals surface area contributed by atoms with E-state index in [1.165, 1.54) is 18.2 Å². The molecule has 0 saturated carbocycles. The summed E-state index contributed by atoms with van der Waals surface area (Å²) in [5.74, 6) is -1.45. The van der Waals surface area contributed by atoms with Crippen LogP contribution in [0, 0.1) is 11.7 Å². The summed E-state index contributed by atoms with van der Waals surface area (Å²) >= 11 is 0. The molecule has 2 atom stereocenters. The molecule has 23 heavy (non-hydrogen) atoms. The lowest BCUT2D eigenvalue weighted by Crippen LogP contribution is -2.51. The highest BCUT2D eigenvalue weighted by atomic mass is 32.2. The summed E-state index contributed by atoms with van der Waals surface area (Å²) in [6, 6.07) is 4.04. The number of amides is 1. The molecule has 0 aromatic heterocycles. The Kier molecular flexibility index (Phi) is 5.38. The molecule has 8 heteroatoms. The summed E-state index contributed by atoms with van der Waals surface area (Å²) in [6.07, 6.45) is 0.691. The third-order valence-corrected chi connectivity index (χ3v) is 5.35. The summed E-state index contributed by atoms with van der Waals surface area (Å²) in [5, 5.41) is 0. The predicted octanol–water partition coefficient (Wildman–Crippen LogP) is 0.688. The Labute approximate surface area is 135 Å². The van der Waals surface area contributed by atoms with Crippen molar-refractivity contribution in [2.24, 2.45) is 11.7 Å². The number of sulfonamides is 1. The maximum atomic E-state index is 13.8. The number of halogens is 1. The van der Waals surface area contributed by atoms with Crippen LogP contribution in [-0.2, 0) is 14.8 Å². The molecule has 1 unspecified atom stereocenters. The van der Waals surface area contributed by atoms with E-state index >= 15 is 0 Å². The van der Waals surface area contributed by atoms with E-state index in [0.29, 0.717) is 19.5 Å². The SMILES string of the molecule is CC(C)C(NS(=O)(=O)c1ccccc1F)C(=O)N1CC[C@@H](N)C1. The largest absolute Gasteiger partial charge is 0.340 e. The Morgan fingerprint density at radius 3 is 2.57 bits per heavy atom. The van der Waals surface area contributed by atoms with Gasteiger partial charge in [0.15, 0.2) is 0 Å². The first-order valence-corrected chi connectivity index (χ1v) is 9.02. The zero-order valence-corrected chi connectivity index (χ0v) is 14.0. The smallest absolute Gasteiger partial charge is 0.244 e. The van der Waals surface area contributed by atoms with Crippen LogP contribution in [0.15, 0.2) is 29.2 Å². The number of hydrogen-bond acceptors (Lipinski definition) is 4. The van der Waals surface area contributed by atoms with Gasteiger partial charge in [-0.05, 0) is 24.5 Å². The van der Waals surface area contributed by atoms with Crippen molar-refractivity contribution >= 4 is 15.9 Å². The highest BCUT2D eigenvalue weighted by molar-refractivity contribution is 7.89. The van der Waals surface area contributed by atoms with Gasteiger partial charge in [-0.25, -0.2) is 12.8 Å². The van der Waals surface area contributed by atoms with Crippen molar-refractivity contribution in [3.8, 4) is 0 Å². The van der Waals surface area contributed by atoms with Crippen LogP contribution in [0.4, 0.5) is 4.39 Å². The molecule has 0 aliphatic carbocycles. The van der Waals surface area contributed by atoms with E-state index in [1.54, 1.807) is 18.7 Å². The summed E-state index contributed by atoms with van der Waals surface area (Å²) in [7, 11) is -4.13. The average molecular weight is 343 g/mol. The Morgan fingerprint density at radius 2 is 2.04 bits per heavy atom. The zero-order chi connectivity index (χ0) is 17.2. The first kappa shape index (κ1) is 17.8. The second-order valence-corrected chi connectivity index (χ2v) is 7.79. The van der Waals surface area contributed by atoms with Crippen molar-refractivity contribution in [2.45, 2.75) is 37.2 Å². The highest BCUT2D eigenvalue weighted by Crippen LogP contribution is 2.18. The average Bonchev–Trinajstić information content (AvgIpc) is 2.91. The van der Waals surface area contributed by atoms with Crippen LogP contribution in [0.2, 0.25) is 0 Å². The van der Waals surface area contributed by atoms with E-state index in [0.717, 1.165) is 6.07 Å². The summed E-state index contributed by atoms with van der Waals surface area (Å²) in [6.45, 7) is 4.39. The number of nitrogens with two attached hydrogens (primary N) is 1. The van der Waals surface area contributed by atoms with Crippen LogP contribution < -0.4 is 10.5 Å². The van der Waals surface area contributed by atoms with Gasteiger partial charge >= 0.3 is 0 Å². The fourth-order valence-corrected chi connectivity index (χ4v) is 3.97. The van der Waals surface area contributed by atoms with E-state index < -0.39 is 26.8 Å². The molecular weight excluding hydrogens is 321 g/mol. The summed E-state index contributed by atoms with van der Waals surface area (Å²) < 4.78 is 40.9. The molecule has 1 heterocycles. The Balaban J connectivity index is 2.22. The van der Waals surface area contributed by atoms with Crippen molar-refractivity contribution in [1.29, 1.82) is 0 Å². The molecule has 2 rings (SSSR count). The number of nitrogens with zero attached hydrogens (tertiary/aromatic N) is 1. The zero-order valence-electron chi connectivity index (χ0n) is 13.2. The van der Waals surface area contributed by atoms with E-state index in [9.17, 15) is 17.6 Å². The molecule has 128 valence electrons. The fraction of sp³-hybridized carbons (Fsp3) is 0.533. The molecule has 1 aliphatic heterocycles. The minimum atomic E-state index is -4.13. The number of carbonyl (C=O) groups is 1. The standard InChI is InChI=1S/C15H22FN3O3S/c1-10(2)14(15(20)19-8-7-11(17)9-19)18-23(21,22)13-6-4-3-5-12(13)16/h3-6,10-11,14,18H,7-9,17H2,1-2H3/t11-,14?/m1/s1. The van der Waals surface area contributed by atoms with Crippen LogP contribution in [-0.4, -0.2) is 44.4 Å². The van der Waals surface area contributed by atoms with Gasteiger partial charge in [0, 0.05) is 19.1 Å². The van der Waals surface area contributed by atoms with Crippen LogP contribution in [0.5, 0.6) is 0 Å². The minimum Gasteiger partial charge on any atom is -0.340 e. The van der Waals surface area contributed by atoms with Crippen LogP contribution in [0.25, 0.3) is 0 Å². The first-order chi connectivity index (χ1) is 10.7. The van der Waals surface area contributed by atoms with E-state index in [4.69, 9.17) is 5.73 Å². The molecule has 1 fully saturated rings. The second-order valence-electron chi connectivity index (χ2n) is 6.11. The molecule has 1 aromatic carbocycles. The Bertz CT molecular complexity index is 678. The second kappa shape index (κ2) is 6.94. The number of likely N-dealkylation sites (tertiary alicyclic amines) is 1. The topological polar surface area (TPSA) is 92.5 Å². The van der Waals surface area contributed by atoms with Gasteiger partial charge in [-0.15, -0.1) is 0 Å². The number of nitrogens with one attached hydrogen (secondary N) is 1. The normalized spacial score (nSPS) is 20.0. The van der Waals surface area contributed by atoms with Gasteiger partial charge in [0.05, 0.1) is 0 Å². The lowest BCUT2D eigenvalue weighted by atomic mass is 10.0. The first-order valence-electron chi connectivity index (χ1n) is 7.53. The fourth-order valence-electron chi connectivity index (χ4n) is 2.55. The molecule has 0 radical (unpaired) electrons. The van der Waals surface area contributed by atoms with Crippen molar-refractivity contribution < 1.29 is 17.6 Å².